The highest BCUT2D eigenvalue weighted by Crippen LogP contribution is 2.39. The summed E-state index contributed by atoms with van der Waals surface area (Å²) < 4.78 is 30.1. The molecule has 1 fully saturated rings. The Kier molecular flexibility index (Phi) is 4.55. The Hall–Kier alpha value is -0.860. The molecule has 1 heterocycles. The standard InChI is InChI=1S/C12H22N4O2S2/c1-4-7-16(8-9-5-6-9)12-10(11(13)14-19-12)20(17,18)15(2)3/h9H,4-8H2,1-3H3,(H2,13,14). The van der Waals surface area contributed by atoms with Crippen molar-refractivity contribution < 1.29 is 8.42 Å². The molecule has 0 saturated heterocycles. The molecule has 1 saturated carbocycles. The maximum absolute atomic E-state index is 12.4. The lowest BCUT2D eigenvalue weighted by molar-refractivity contribution is 0.521. The molecule has 0 amide bonds. The predicted octanol–water partition coefficient (Wildman–Crippen LogP) is 1.60. The van der Waals surface area contributed by atoms with Gasteiger partial charge in [-0.25, -0.2) is 12.7 Å². The topological polar surface area (TPSA) is 79.5 Å². The van der Waals surface area contributed by atoms with Gasteiger partial charge in [0, 0.05) is 27.2 Å². The molecule has 0 atom stereocenters. The molecule has 1 aliphatic carbocycles. The van der Waals surface area contributed by atoms with Crippen LogP contribution in [0.3, 0.4) is 0 Å². The zero-order chi connectivity index (χ0) is 14.9. The lowest BCUT2D eigenvalue weighted by Gasteiger charge is -2.24. The molecule has 0 aromatic carbocycles. The van der Waals surface area contributed by atoms with Gasteiger partial charge in [-0.05, 0) is 36.7 Å². The monoisotopic (exact) mass is 318 g/mol. The lowest BCUT2D eigenvalue weighted by Crippen LogP contribution is -2.29. The highest BCUT2D eigenvalue weighted by molar-refractivity contribution is 7.89. The largest absolute Gasteiger partial charge is 0.382 e. The molecule has 0 radical (unpaired) electrons. The van der Waals surface area contributed by atoms with Gasteiger partial charge < -0.3 is 10.6 Å². The molecule has 20 heavy (non-hydrogen) atoms. The van der Waals surface area contributed by atoms with Gasteiger partial charge in [-0.2, -0.15) is 4.37 Å². The molecule has 0 unspecified atom stereocenters. The molecule has 1 aromatic heterocycles. The zero-order valence-corrected chi connectivity index (χ0v) is 13.8. The molecule has 0 bridgehead atoms. The first-order chi connectivity index (χ1) is 9.37. The van der Waals surface area contributed by atoms with Crippen molar-refractivity contribution in [2.75, 3.05) is 37.8 Å². The summed E-state index contributed by atoms with van der Waals surface area (Å²) in [7, 11) is -0.529. The van der Waals surface area contributed by atoms with Crippen LogP contribution < -0.4 is 10.6 Å². The van der Waals surface area contributed by atoms with Crippen molar-refractivity contribution in [2.45, 2.75) is 31.1 Å². The van der Waals surface area contributed by atoms with E-state index in [-0.39, 0.29) is 10.7 Å². The van der Waals surface area contributed by atoms with E-state index in [1.54, 1.807) is 0 Å². The molecular weight excluding hydrogens is 296 g/mol. The Morgan fingerprint density at radius 2 is 2.05 bits per heavy atom. The fourth-order valence-electron chi connectivity index (χ4n) is 2.07. The van der Waals surface area contributed by atoms with Crippen molar-refractivity contribution in [3.05, 3.63) is 0 Å². The first-order valence-corrected chi connectivity index (χ1v) is 9.01. The Morgan fingerprint density at radius 1 is 1.40 bits per heavy atom. The number of hydrogen-bond acceptors (Lipinski definition) is 6. The molecule has 1 aromatic rings. The summed E-state index contributed by atoms with van der Waals surface area (Å²) in [6.45, 7) is 3.81. The lowest BCUT2D eigenvalue weighted by atomic mass is 10.3. The van der Waals surface area contributed by atoms with Crippen LogP contribution >= 0.6 is 11.5 Å². The van der Waals surface area contributed by atoms with Crippen LogP contribution in [0.15, 0.2) is 4.90 Å². The summed E-state index contributed by atoms with van der Waals surface area (Å²) in [5.41, 5.74) is 5.81. The fourth-order valence-corrected chi connectivity index (χ4v) is 4.32. The second kappa shape index (κ2) is 5.87. The second-order valence-electron chi connectivity index (χ2n) is 5.38. The molecule has 2 rings (SSSR count). The van der Waals surface area contributed by atoms with Gasteiger partial charge in [-0.1, -0.05) is 6.92 Å². The van der Waals surface area contributed by atoms with E-state index in [2.05, 4.69) is 16.2 Å². The van der Waals surface area contributed by atoms with Crippen LogP contribution in [-0.4, -0.2) is 44.3 Å². The van der Waals surface area contributed by atoms with Crippen molar-refractivity contribution >= 4 is 32.4 Å². The summed E-state index contributed by atoms with van der Waals surface area (Å²) in [5.74, 6) is 0.787. The van der Waals surface area contributed by atoms with Gasteiger partial charge in [0.05, 0.1) is 0 Å². The van der Waals surface area contributed by atoms with Crippen molar-refractivity contribution in [1.29, 1.82) is 0 Å². The number of rotatable bonds is 7. The minimum absolute atomic E-state index is 0.107. The van der Waals surface area contributed by atoms with Crippen LogP contribution in [0.4, 0.5) is 10.8 Å². The third-order valence-corrected chi connectivity index (χ3v) is 6.28. The van der Waals surface area contributed by atoms with Crippen LogP contribution in [-0.2, 0) is 10.0 Å². The summed E-state index contributed by atoms with van der Waals surface area (Å²) in [5, 5.41) is 0.685. The normalized spacial score (nSPS) is 15.8. The van der Waals surface area contributed by atoms with Crippen LogP contribution in [0.5, 0.6) is 0 Å². The quantitative estimate of drug-likeness (QED) is 0.826. The van der Waals surface area contributed by atoms with Gasteiger partial charge in [0.25, 0.3) is 0 Å². The molecule has 6 nitrogen and oxygen atoms in total. The van der Waals surface area contributed by atoms with Crippen LogP contribution in [0.1, 0.15) is 26.2 Å². The highest BCUT2D eigenvalue weighted by Gasteiger charge is 2.32. The summed E-state index contributed by atoms with van der Waals surface area (Å²) in [6.07, 6.45) is 3.42. The first-order valence-electron chi connectivity index (χ1n) is 6.80. The highest BCUT2D eigenvalue weighted by atomic mass is 32.2. The van der Waals surface area contributed by atoms with E-state index in [0.29, 0.717) is 10.9 Å². The Labute approximate surface area is 124 Å². The average molecular weight is 318 g/mol. The van der Waals surface area contributed by atoms with Gasteiger partial charge in [-0.15, -0.1) is 0 Å². The Bertz CT molecular complexity index is 564. The maximum atomic E-state index is 12.4. The number of aromatic nitrogens is 1. The molecule has 0 spiro atoms. The molecule has 0 aliphatic heterocycles. The molecule has 2 N–H and O–H groups in total. The Balaban J connectivity index is 2.40. The maximum Gasteiger partial charge on any atom is 0.249 e. The van der Waals surface area contributed by atoms with Crippen molar-refractivity contribution in [2.24, 2.45) is 5.92 Å². The van der Waals surface area contributed by atoms with E-state index in [9.17, 15) is 8.42 Å². The van der Waals surface area contributed by atoms with Crippen LogP contribution in [0, 0.1) is 5.92 Å². The van der Waals surface area contributed by atoms with Gasteiger partial charge in [-0.3, -0.25) is 0 Å². The SMILES string of the molecule is CCCN(CC1CC1)c1snc(N)c1S(=O)(=O)N(C)C. The van der Waals surface area contributed by atoms with Gasteiger partial charge in [0.2, 0.25) is 10.0 Å². The number of nitrogens with zero attached hydrogens (tertiary/aromatic N) is 3. The first kappa shape index (κ1) is 15.5. The van der Waals surface area contributed by atoms with Gasteiger partial charge in [0.15, 0.2) is 10.7 Å². The van der Waals surface area contributed by atoms with E-state index in [1.807, 2.05) is 0 Å². The zero-order valence-electron chi connectivity index (χ0n) is 12.2. The molecule has 8 heteroatoms. The molecular formula is C12H22N4O2S2. The van der Waals surface area contributed by atoms with E-state index in [4.69, 9.17) is 5.73 Å². The third kappa shape index (κ3) is 3.07. The number of nitrogen functional groups attached to an aromatic ring is 1. The number of hydrogen-bond donors (Lipinski definition) is 1. The Morgan fingerprint density at radius 3 is 2.55 bits per heavy atom. The van der Waals surface area contributed by atoms with E-state index in [1.165, 1.54) is 42.8 Å². The van der Waals surface area contributed by atoms with Gasteiger partial charge in [0.1, 0.15) is 5.00 Å². The number of anilines is 2. The van der Waals surface area contributed by atoms with Crippen LogP contribution in [0.25, 0.3) is 0 Å². The second-order valence-corrected chi connectivity index (χ2v) is 8.22. The smallest absolute Gasteiger partial charge is 0.249 e. The van der Waals surface area contributed by atoms with E-state index >= 15 is 0 Å². The minimum Gasteiger partial charge on any atom is -0.382 e. The molecule has 1 aliphatic rings. The molecule has 114 valence electrons. The third-order valence-electron chi connectivity index (χ3n) is 3.35. The summed E-state index contributed by atoms with van der Waals surface area (Å²) >= 11 is 1.18. The summed E-state index contributed by atoms with van der Waals surface area (Å²) in [6, 6.07) is 0. The van der Waals surface area contributed by atoms with E-state index in [0.717, 1.165) is 19.5 Å². The fraction of sp³-hybridized carbons (Fsp3) is 0.750. The number of nitrogens with two attached hydrogens (primary N) is 1. The van der Waals surface area contributed by atoms with Crippen molar-refractivity contribution in [3.8, 4) is 0 Å². The van der Waals surface area contributed by atoms with Crippen LogP contribution in [0.2, 0.25) is 0 Å². The number of sulfonamides is 1. The predicted molar refractivity (Wildman–Crippen MR) is 82.6 cm³/mol. The van der Waals surface area contributed by atoms with Crippen molar-refractivity contribution in [3.63, 3.8) is 0 Å². The summed E-state index contributed by atoms with van der Waals surface area (Å²) in [4.78, 5) is 2.30. The van der Waals surface area contributed by atoms with E-state index < -0.39 is 10.0 Å². The van der Waals surface area contributed by atoms with Gasteiger partial charge >= 0.3 is 0 Å². The average Bonchev–Trinajstić information content (AvgIpc) is 3.09. The minimum atomic E-state index is -3.56. The van der Waals surface area contributed by atoms with Crippen molar-refractivity contribution in [1.82, 2.24) is 8.68 Å².